The van der Waals surface area contributed by atoms with Gasteiger partial charge in [-0.15, -0.1) is 11.3 Å². The molecule has 2 fully saturated rings. The summed E-state index contributed by atoms with van der Waals surface area (Å²) in [4.78, 5) is 32.8. The molecular weight excluding hydrogens is 420 g/mol. The van der Waals surface area contributed by atoms with Gasteiger partial charge in [0.2, 0.25) is 5.91 Å². The number of carbonyl (C=O) groups is 2. The van der Waals surface area contributed by atoms with Crippen molar-refractivity contribution in [3.8, 4) is 0 Å². The number of thiophene rings is 1. The van der Waals surface area contributed by atoms with Crippen molar-refractivity contribution < 1.29 is 9.59 Å². The molecule has 30 heavy (non-hydrogen) atoms. The molecule has 1 unspecified atom stereocenters. The summed E-state index contributed by atoms with van der Waals surface area (Å²) in [5, 5.41) is 5.71. The fourth-order valence-corrected chi connectivity index (χ4v) is 4.92. The van der Waals surface area contributed by atoms with E-state index in [1.807, 2.05) is 46.7 Å². The van der Waals surface area contributed by atoms with Crippen LogP contribution in [0.2, 0.25) is 5.02 Å². The first-order valence-corrected chi connectivity index (χ1v) is 11.7. The van der Waals surface area contributed by atoms with Gasteiger partial charge in [-0.05, 0) is 48.6 Å². The van der Waals surface area contributed by atoms with Gasteiger partial charge in [-0.25, -0.2) is 4.79 Å². The third-order valence-corrected chi connectivity index (χ3v) is 6.96. The number of hydrogen-bond acceptors (Lipinski definition) is 4. The van der Waals surface area contributed by atoms with Crippen molar-refractivity contribution in [1.82, 2.24) is 15.1 Å². The van der Waals surface area contributed by atoms with Crippen molar-refractivity contribution in [2.45, 2.75) is 19.4 Å². The lowest BCUT2D eigenvalue weighted by molar-refractivity contribution is -0.137. The smallest absolute Gasteiger partial charge is 0.317 e. The van der Waals surface area contributed by atoms with E-state index in [9.17, 15) is 9.59 Å². The summed E-state index contributed by atoms with van der Waals surface area (Å²) in [5.41, 5.74) is 1.14. The number of carbonyl (C=O) groups excluding carboxylic acids is 2. The van der Waals surface area contributed by atoms with Crippen LogP contribution in [-0.2, 0) is 11.3 Å². The summed E-state index contributed by atoms with van der Waals surface area (Å²) >= 11 is 7.61. The monoisotopic (exact) mass is 446 g/mol. The molecule has 1 atom stereocenters. The number of amides is 3. The maximum Gasteiger partial charge on any atom is 0.317 e. The van der Waals surface area contributed by atoms with Crippen molar-refractivity contribution in [3.05, 3.63) is 51.7 Å². The first-order chi connectivity index (χ1) is 14.6. The van der Waals surface area contributed by atoms with Gasteiger partial charge in [0.15, 0.2) is 0 Å². The molecule has 2 aliphatic heterocycles. The van der Waals surface area contributed by atoms with E-state index in [-0.39, 0.29) is 17.9 Å². The Morgan fingerprint density at radius 3 is 2.50 bits per heavy atom. The molecule has 160 valence electrons. The quantitative estimate of drug-likeness (QED) is 0.779. The minimum Gasteiger partial charge on any atom is -0.368 e. The molecule has 4 rings (SSSR count). The maximum atomic E-state index is 13.1. The molecule has 0 saturated carbocycles. The molecule has 0 spiro atoms. The Morgan fingerprint density at radius 2 is 1.80 bits per heavy atom. The molecule has 0 bridgehead atoms. The third-order valence-electron chi connectivity index (χ3n) is 5.83. The molecule has 6 nitrogen and oxygen atoms in total. The van der Waals surface area contributed by atoms with Crippen molar-refractivity contribution in [3.63, 3.8) is 0 Å². The average Bonchev–Trinajstić information content (AvgIpc) is 3.31. The van der Waals surface area contributed by atoms with Crippen LogP contribution in [0.15, 0.2) is 41.8 Å². The second-order valence-corrected chi connectivity index (χ2v) is 9.28. The van der Waals surface area contributed by atoms with E-state index in [1.165, 1.54) is 0 Å². The number of rotatable bonds is 4. The Bertz CT molecular complexity index is 851. The van der Waals surface area contributed by atoms with Gasteiger partial charge in [0, 0.05) is 54.9 Å². The Kier molecular flexibility index (Phi) is 6.79. The molecule has 3 amide bonds. The second kappa shape index (κ2) is 9.71. The van der Waals surface area contributed by atoms with Crippen LogP contribution in [0.3, 0.4) is 0 Å². The van der Waals surface area contributed by atoms with Crippen LogP contribution < -0.4 is 10.2 Å². The molecule has 2 aliphatic rings. The van der Waals surface area contributed by atoms with E-state index >= 15 is 0 Å². The molecule has 0 radical (unpaired) electrons. The van der Waals surface area contributed by atoms with Crippen LogP contribution in [0.5, 0.6) is 0 Å². The first-order valence-electron chi connectivity index (χ1n) is 10.4. The zero-order valence-electron chi connectivity index (χ0n) is 16.9. The minimum absolute atomic E-state index is 0.0755. The number of nitrogens with one attached hydrogen (secondary N) is 1. The number of benzene rings is 1. The molecule has 3 heterocycles. The number of likely N-dealkylation sites (tertiary alicyclic amines) is 1. The highest BCUT2D eigenvalue weighted by atomic mass is 35.5. The van der Waals surface area contributed by atoms with Crippen molar-refractivity contribution in [2.75, 3.05) is 44.2 Å². The van der Waals surface area contributed by atoms with E-state index in [1.54, 1.807) is 16.2 Å². The summed E-state index contributed by atoms with van der Waals surface area (Å²) in [6.45, 7) is 4.80. The molecular formula is C22H27ClN4O2S. The lowest BCUT2D eigenvalue weighted by Gasteiger charge is -2.39. The predicted octanol–water partition coefficient (Wildman–Crippen LogP) is 3.67. The number of piperidine rings is 1. The maximum absolute atomic E-state index is 13.1. The normalized spacial score (nSPS) is 19.6. The van der Waals surface area contributed by atoms with Crippen molar-refractivity contribution >= 4 is 40.6 Å². The first kappa shape index (κ1) is 21.0. The lowest BCUT2D eigenvalue weighted by Crippen LogP contribution is -2.54. The number of anilines is 1. The topological polar surface area (TPSA) is 55.9 Å². The largest absolute Gasteiger partial charge is 0.368 e. The molecule has 0 aliphatic carbocycles. The second-order valence-electron chi connectivity index (χ2n) is 7.81. The lowest BCUT2D eigenvalue weighted by atomic mass is 9.96. The zero-order valence-corrected chi connectivity index (χ0v) is 18.5. The Hall–Kier alpha value is -2.25. The van der Waals surface area contributed by atoms with Gasteiger partial charge >= 0.3 is 6.03 Å². The van der Waals surface area contributed by atoms with E-state index in [0.717, 1.165) is 41.5 Å². The highest BCUT2D eigenvalue weighted by Crippen LogP contribution is 2.23. The Morgan fingerprint density at radius 1 is 1.03 bits per heavy atom. The van der Waals surface area contributed by atoms with E-state index in [0.29, 0.717) is 32.7 Å². The zero-order chi connectivity index (χ0) is 20.9. The molecule has 1 aromatic heterocycles. The SMILES string of the molecule is O=C(NCc1cccs1)N1CCCC(C(=O)N2CCN(c3ccc(Cl)cc3)CC2)C1. The van der Waals surface area contributed by atoms with Gasteiger partial charge in [-0.2, -0.15) is 0 Å². The minimum atomic E-state index is -0.103. The highest BCUT2D eigenvalue weighted by Gasteiger charge is 2.32. The molecule has 2 saturated heterocycles. The summed E-state index contributed by atoms with van der Waals surface area (Å²) in [6.07, 6.45) is 1.72. The van der Waals surface area contributed by atoms with E-state index in [4.69, 9.17) is 11.6 Å². The summed E-state index contributed by atoms with van der Waals surface area (Å²) in [7, 11) is 0. The third kappa shape index (κ3) is 5.08. The van der Waals surface area contributed by atoms with Gasteiger partial charge in [0.1, 0.15) is 0 Å². The molecule has 1 N–H and O–H groups in total. The fourth-order valence-electron chi connectivity index (χ4n) is 4.15. The predicted molar refractivity (Wildman–Crippen MR) is 121 cm³/mol. The Balaban J connectivity index is 1.27. The van der Waals surface area contributed by atoms with Crippen LogP contribution in [0.4, 0.5) is 10.5 Å². The number of piperazine rings is 1. The van der Waals surface area contributed by atoms with Crippen molar-refractivity contribution in [1.29, 1.82) is 0 Å². The molecule has 2 aromatic rings. The molecule has 8 heteroatoms. The number of nitrogens with zero attached hydrogens (tertiary/aromatic N) is 3. The standard InChI is InChI=1S/C22H27ClN4O2S/c23-18-5-7-19(8-6-18)25-10-12-26(13-11-25)21(28)17-3-1-9-27(16-17)22(29)24-15-20-4-2-14-30-20/h2,4-8,14,17H,1,3,9-13,15-16H2,(H,24,29). The van der Waals surface area contributed by atoms with Gasteiger partial charge in [-0.3, -0.25) is 4.79 Å². The number of halogens is 1. The van der Waals surface area contributed by atoms with Gasteiger partial charge in [0.05, 0.1) is 12.5 Å². The summed E-state index contributed by atoms with van der Waals surface area (Å²) in [6, 6.07) is 11.8. The Labute approximate surface area is 186 Å². The van der Waals surface area contributed by atoms with Gasteiger partial charge < -0.3 is 20.0 Å². The highest BCUT2D eigenvalue weighted by molar-refractivity contribution is 7.09. The van der Waals surface area contributed by atoms with Crippen molar-refractivity contribution in [2.24, 2.45) is 5.92 Å². The average molecular weight is 447 g/mol. The fraction of sp³-hybridized carbons (Fsp3) is 0.455. The summed E-state index contributed by atoms with van der Waals surface area (Å²) in [5.74, 6) is 0.0785. The van der Waals surface area contributed by atoms with E-state index < -0.39 is 0 Å². The van der Waals surface area contributed by atoms with Crippen LogP contribution in [0.25, 0.3) is 0 Å². The number of hydrogen-bond donors (Lipinski definition) is 1. The van der Waals surface area contributed by atoms with Gasteiger partial charge in [0.25, 0.3) is 0 Å². The molecule has 1 aromatic carbocycles. The number of urea groups is 1. The van der Waals surface area contributed by atoms with E-state index in [2.05, 4.69) is 10.2 Å². The summed E-state index contributed by atoms with van der Waals surface area (Å²) < 4.78 is 0. The van der Waals surface area contributed by atoms with Crippen LogP contribution in [0, 0.1) is 5.92 Å². The van der Waals surface area contributed by atoms with Gasteiger partial charge in [-0.1, -0.05) is 17.7 Å². The van der Waals surface area contributed by atoms with Crippen LogP contribution >= 0.6 is 22.9 Å². The van der Waals surface area contributed by atoms with Crippen LogP contribution in [-0.4, -0.2) is 61.0 Å². The van der Waals surface area contributed by atoms with Crippen LogP contribution in [0.1, 0.15) is 17.7 Å².